The molecule has 1 atom stereocenters. The van der Waals surface area contributed by atoms with E-state index >= 15 is 0 Å². The third-order valence-corrected chi connectivity index (χ3v) is 4.79. The molecule has 29 heavy (non-hydrogen) atoms. The quantitative estimate of drug-likeness (QED) is 0.680. The van der Waals surface area contributed by atoms with Gasteiger partial charge >= 0.3 is 0 Å². The molecule has 1 aliphatic carbocycles. The van der Waals surface area contributed by atoms with Crippen LogP contribution in [0.5, 0.6) is 0 Å². The van der Waals surface area contributed by atoms with E-state index in [0.717, 1.165) is 35.6 Å². The number of amides is 1. The summed E-state index contributed by atoms with van der Waals surface area (Å²) in [6.07, 6.45) is -0.00916. The fourth-order valence-electron chi connectivity index (χ4n) is 3.41. The number of methoxy groups -OCH3 is 1. The number of alkyl halides is 2. The summed E-state index contributed by atoms with van der Waals surface area (Å²) in [6.45, 7) is 0.244. The number of carbonyl (C=O) groups is 1. The fraction of sp³-hybridized carbons (Fsp3) is 0.300. The first-order chi connectivity index (χ1) is 14.0. The number of pyridine rings is 1. The van der Waals surface area contributed by atoms with Gasteiger partial charge in [-0.2, -0.15) is 4.98 Å². The molecule has 0 aliphatic heterocycles. The monoisotopic (exact) mass is 400 g/mol. The number of carbonyl (C=O) groups excluding carboxylic acids is 1. The van der Waals surface area contributed by atoms with Gasteiger partial charge in [0.1, 0.15) is 12.3 Å². The van der Waals surface area contributed by atoms with Gasteiger partial charge < -0.3 is 14.6 Å². The maximum Gasteiger partial charge on any atom is 0.280 e. The highest BCUT2D eigenvalue weighted by atomic mass is 19.3. The smallest absolute Gasteiger partial charge is 0.280 e. The second kappa shape index (κ2) is 8.04. The van der Waals surface area contributed by atoms with Gasteiger partial charge in [-0.1, -0.05) is 17.3 Å². The molecule has 0 fully saturated rings. The average molecular weight is 400 g/mol. The predicted octanol–water partition coefficient (Wildman–Crippen LogP) is 3.63. The number of fused-ring (bicyclic) bond motifs is 1. The lowest BCUT2D eigenvalue weighted by Gasteiger charge is -2.14. The number of ether oxygens (including phenoxy) is 1. The van der Waals surface area contributed by atoms with E-state index in [1.54, 1.807) is 7.11 Å². The zero-order valence-corrected chi connectivity index (χ0v) is 15.6. The highest BCUT2D eigenvalue weighted by Gasteiger charge is 2.25. The SMILES string of the molecule is COCc1nc(-c2ccc3c(c2)CCC3NC(=O)c2ccnc(C(F)F)c2)no1. The third kappa shape index (κ3) is 4.00. The summed E-state index contributed by atoms with van der Waals surface area (Å²) in [5, 5.41) is 6.88. The number of aromatic nitrogens is 3. The number of nitrogens with zero attached hydrogens (tertiary/aromatic N) is 3. The minimum atomic E-state index is -2.72. The van der Waals surface area contributed by atoms with Gasteiger partial charge in [0.2, 0.25) is 5.82 Å². The van der Waals surface area contributed by atoms with Gasteiger partial charge in [-0.3, -0.25) is 9.78 Å². The van der Waals surface area contributed by atoms with Gasteiger partial charge in [0.25, 0.3) is 18.2 Å². The number of hydrogen-bond donors (Lipinski definition) is 1. The predicted molar refractivity (Wildman–Crippen MR) is 98.2 cm³/mol. The molecule has 1 unspecified atom stereocenters. The van der Waals surface area contributed by atoms with Crippen LogP contribution in [0.15, 0.2) is 41.1 Å². The van der Waals surface area contributed by atoms with E-state index in [-0.39, 0.29) is 18.2 Å². The molecule has 0 bridgehead atoms. The molecule has 150 valence electrons. The Balaban J connectivity index is 1.50. The van der Waals surface area contributed by atoms with E-state index in [1.165, 1.54) is 12.3 Å². The summed E-state index contributed by atoms with van der Waals surface area (Å²) in [5.74, 6) is 0.468. The second-order valence-corrected chi connectivity index (χ2v) is 6.69. The molecule has 3 aromatic rings. The lowest BCUT2D eigenvalue weighted by molar-refractivity contribution is 0.0936. The Hall–Kier alpha value is -3.20. The van der Waals surface area contributed by atoms with Crippen molar-refractivity contribution in [3.05, 3.63) is 64.8 Å². The van der Waals surface area contributed by atoms with Gasteiger partial charge in [-0.25, -0.2) is 8.78 Å². The Labute approximate surface area is 165 Å². The van der Waals surface area contributed by atoms with Crippen molar-refractivity contribution in [3.8, 4) is 11.4 Å². The van der Waals surface area contributed by atoms with Gasteiger partial charge in [0.15, 0.2) is 0 Å². The van der Waals surface area contributed by atoms with Crippen molar-refractivity contribution < 1.29 is 22.8 Å². The number of rotatable bonds is 6. The molecule has 2 heterocycles. The molecule has 1 aliphatic rings. The maximum absolute atomic E-state index is 12.8. The topological polar surface area (TPSA) is 90.1 Å². The zero-order valence-electron chi connectivity index (χ0n) is 15.6. The Morgan fingerprint density at radius 1 is 1.34 bits per heavy atom. The van der Waals surface area contributed by atoms with Crippen LogP contribution in [0.2, 0.25) is 0 Å². The molecule has 0 radical (unpaired) electrons. The summed E-state index contributed by atoms with van der Waals surface area (Å²) in [7, 11) is 1.55. The molecule has 7 nitrogen and oxygen atoms in total. The molecule has 0 saturated heterocycles. The Kier molecular flexibility index (Phi) is 5.30. The molecule has 0 spiro atoms. The molecule has 1 N–H and O–H groups in total. The van der Waals surface area contributed by atoms with Crippen molar-refractivity contribution in [1.29, 1.82) is 0 Å². The van der Waals surface area contributed by atoms with Crippen LogP contribution in [0, 0.1) is 0 Å². The normalized spacial score (nSPS) is 15.5. The van der Waals surface area contributed by atoms with Crippen molar-refractivity contribution >= 4 is 5.91 Å². The van der Waals surface area contributed by atoms with Crippen LogP contribution < -0.4 is 5.32 Å². The number of benzene rings is 1. The maximum atomic E-state index is 12.8. The van der Waals surface area contributed by atoms with Crippen LogP contribution in [0.25, 0.3) is 11.4 Å². The first-order valence-corrected chi connectivity index (χ1v) is 9.05. The minimum absolute atomic E-state index is 0.165. The Morgan fingerprint density at radius 3 is 3.00 bits per heavy atom. The molecule has 4 rings (SSSR count). The lowest BCUT2D eigenvalue weighted by Crippen LogP contribution is -2.27. The van der Waals surface area contributed by atoms with Gasteiger partial charge in [-0.05, 0) is 42.2 Å². The first kappa shape index (κ1) is 19.1. The van der Waals surface area contributed by atoms with Crippen molar-refractivity contribution in [2.75, 3.05) is 7.11 Å². The van der Waals surface area contributed by atoms with E-state index in [9.17, 15) is 13.6 Å². The first-order valence-electron chi connectivity index (χ1n) is 9.05. The molecule has 2 aromatic heterocycles. The molecule has 0 saturated carbocycles. The summed E-state index contributed by atoms with van der Waals surface area (Å²) in [5.41, 5.74) is 2.64. The van der Waals surface area contributed by atoms with E-state index in [2.05, 4.69) is 20.4 Å². The number of nitrogens with one attached hydrogen (secondary N) is 1. The fourth-order valence-corrected chi connectivity index (χ4v) is 3.41. The van der Waals surface area contributed by atoms with Crippen molar-refractivity contribution in [2.24, 2.45) is 0 Å². The average Bonchev–Trinajstić information content (AvgIpc) is 3.35. The Morgan fingerprint density at radius 2 is 2.21 bits per heavy atom. The summed E-state index contributed by atoms with van der Waals surface area (Å²) in [6, 6.07) is 8.12. The summed E-state index contributed by atoms with van der Waals surface area (Å²) in [4.78, 5) is 20.4. The summed E-state index contributed by atoms with van der Waals surface area (Å²) < 4.78 is 35.7. The lowest BCUT2D eigenvalue weighted by atomic mass is 10.0. The molecule has 1 amide bonds. The van der Waals surface area contributed by atoms with Crippen LogP contribution in [0.3, 0.4) is 0 Å². The minimum Gasteiger partial charge on any atom is -0.375 e. The summed E-state index contributed by atoms with van der Waals surface area (Å²) >= 11 is 0. The van der Waals surface area contributed by atoms with E-state index in [0.29, 0.717) is 11.7 Å². The third-order valence-electron chi connectivity index (χ3n) is 4.79. The van der Waals surface area contributed by atoms with Gasteiger partial charge in [-0.15, -0.1) is 0 Å². The largest absolute Gasteiger partial charge is 0.375 e. The van der Waals surface area contributed by atoms with Gasteiger partial charge in [0, 0.05) is 24.4 Å². The second-order valence-electron chi connectivity index (χ2n) is 6.69. The van der Waals surface area contributed by atoms with Crippen LogP contribution in [-0.4, -0.2) is 28.1 Å². The van der Waals surface area contributed by atoms with Crippen molar-refractivity contribution in [1.82, 2.24) is 20.4 Å². The zero-order chi connectivity index (χ0) is 20.4. The van der Waals surface area contributed by atoms with E-state index < -0.39 is 18.0 Å². The molecular weight excluding hydrogens is 382 g/mol. The van der Waals surface area contributed by atoms with E-state index in [1.807, 2.05) is 18.2 Å². The number of halogens is 2. The van der Waals surface area contributed by atoms with Crippen LogP contribution >= 0.6 is 0 Å². The van der Waals surface area contributed by atoms with Crippen molar-refractivity contribution in [2.45, 2.75) is 31.9 Å². The van der Waals surface area contributed by atoms with Crippen LogP contribution in [0.1, 0.15) is 52.0 Å². The van der Waals surface area contributed by atoms with Crippen molar-refractivity contribution in [3.63, 3.8) is 0 Å². The highest BCUT2D eigenvalue weighted by molar-refractivity contribution is 5.94. The van der Waals surface area contributed by atoms with E-state index in [4.69, 9.17) is 9.26 Å². The highest BCUT2D eigenvalue weighted by Crippen LogP contribution is 2.34. The standard InChI is InChI=1S/C20H18F2N4O3/c1-28-10-17-25-19(26-29-17)12-2-4-14-11(8-12)3-5-15(14)24-20(27)13-6-7-23-16(9-13)18(21)22/h2,4,6-9,15,18H,3,5,10H2,1H3,(H,24,27). The van der Waals surface area contributed by atoms with Crippen LogP contribution in [0.4, 0.5) is 8.78 Å². The number of aryl methyl sites for hydroxylation is 1. The Bertz CT molecular complexity index is 1040. The molecular formula is C20H18F2N4O3. The molecule has 9 heteroatoms. The van der Waals surface area contributed by atoms with Crippen LogP contribution in [-0.2, 0) is 17.8 Å². The van der Waals surface area contributed by atoms with Gasteiger partial charge in [0.05, 0.1) is 6.04 Å². The molecule has 1 aromatic carbocycles. The number of hydrogen-bond acceptors (Lipinski definition) is 6.